The lowest BCUT2D eigenvalue weighted by Crippen LogP contribution is -2.55. The lowest BCUT2D eigenvalue weighted by atomic mass is 10.0. The highest BCUT2D eigenvalue weighted by Gasteiger charge is 2.34. The van der Waals surface area contributed by atoms with Crippen LogP contribution in [0.3, 0.4) is 0 Å². The number of carbonyl (C=O) groups is 2. The fourth-order valence-corrected chi connectivity index (χ4v) is 6.55. The number of likely N-dealkylation sites (tertiary alicyclic amines) is 1. The number of aromatic nitrogens is 2. The van der Waals surface area contributed by atoms with Crippen LogP contribution in [0.15, 0.2) is 36.4 Å². The molecular formula is C30H32ClN7O4. The molecule has 1 aromatic heterocycles. The lowest BCUT2D eigenvalue weighted by molar-refractivity contribution is -0.127. The van der Waals surface area contributed by atoms with Crippen molar-refractivity contribution < 1.29 is 19.4 Å². The summed E-state index contributed by atoms with van der Waals surface area (Å²) in [5, 5.41) is 21.8. The molecule has 6 rings (SSSR count). The summed E-state index contributed by atoms with van der Waals surface area (Å²) in [6.45, 7) is 2.59. The number of hydrogen-bond donors (Lipinski definition) is 1. The van der Waals surface area contributed by atoms with E-state index >= 15 is 0 Å². The Morgan fingerprint density at radius 3 is 2.67 bits per heavy atom. The highest BCUT2D eigenvalue weighted by atomic mass is 35.5. The number of anilines is 2. The molecule has 42 heavy (non-hydrogen) atoms. The molecule has 2 fully saturated rings. The van der Waals surface area contributed by atoms with E-state index < -0.39 is 12.1 Å². The molecule has 4 heterocycles. The van der Waals surface area contributed by atoms with Gasteiger partial charge < -0.3 is 29.4 Å². The van der Waals surface area contributed by atoms with Gasteiger partial charge >= 0.3 is 12.1 Å². The van der Waals surface area contributed by atoms with Gasteiger partial charge in [-0.1, -0.05) is 35.9 Å². The van der Waals surface area contributed by atoms with Gasteiger partial charge in [0.1, 0.15) is 12.4 Å². The Bertz CT molecular complexity index is 1570. The SMILES string of the molecule is CN1C(=O)CC[C@H]1COc1nc2c(c(N3CCN(C(=O)O)C(CC#N)C3)n1)CCN(c1cccc3cccc(Cl)c13)C2. The van der Waals surface area contributed by atoms with E-state index in [0.29, 0.717) is 37.5 Å². The fraction of sp³-hybridized carbons (Fsp3) is 0.433. The minimum absolute atomic E-state index is 0.0472. The molecule has 3 aromatic rings. The number of fused-ring (bicyclic) bond motifs is 2. The van der Waals surface area contributed by atoms with Crippen LogP contribution in [-0.2, 0) is 17.8 Å². The highest BCUT2D eigenvalue weighted by molar-refractivity contribution is 6.36. The molecule has 3 aliphatic rings. The molecule has 2 aromatic carbocycles. The van der Waals surface area contributed by atoms with Gasteiger partial charge in [-0.3, -0.25) is 4.79 Å². The number of nitriles is 1. The average Bonchev–Trinajstić information content (AvgIpc) is 3.31. The topological polar surface area (TPSA) is 126 Å². The van der Waals surface area contributed by atoms with E-state index in [1.165, 1.54) is 4.90 Å². The van der Waals surface area contributed by atoms with Crippen molar-refractivity contribution in [2.75, 3.05) is 49.6 Å². The zero-order valence-electron chi connectivity index (χ0n) is 23.4. The highest BCUT2D eigenvalue weighted by Crippen LogP contribution is 2.37. The van der Waals surface area contributed by atoms with Gasteiger partial charge in [0.25, 0.3) is 0 Å². The maximum absolute atomic E-state index is 12.0. The summed E-state index contributed by atoms with van der Waals surface area (Å²) in [5.74, 6) is 0.814. The van der Waals surface area contributed by atoms with Crippen LogP contribution in [0.1, 0.15) is 30.5 Å². The molecule has 2 amide bonds. The number of likely N-dealkylation sites (N-methyl/N-ethyl adjacent to an activating group) is 1. The summed E-state index contributed by atoms with van der Waals surface area (Å²) in [6, 6.07) is 13.9. The van der Waals surface area contributed by atoms with Gasteiger partial charge in [-0.25, -0.2) is 4.79 Å². The number of carbonyl (C=O) groups excluding carboxylic acids is 1. The number of halogens is 1. The van der Waals surface area contributed by atoms with Gasteiger partial charge in [0, 0.05) is 56.3 Å². The first kappa shape index (κ1) is 27.8. The number of benzene rings is 2. The number of hydrogen-bond acceptors (Lipinski definition) is 8. The van der Waals surface area contributed by atoms with Crippen LogP contribution in [0.5, 0.6) is 6.01 Å². The molecule has 218 valence electrons. The third-order valence-corrected chi connectivity index (χ3v) is 8.90. The molecule has 0 spiro atoms. The molecule has 12 heteroatoms. The molecule has 1 N–H and O–H groups in total. The van der Waals surface area contributed by atoms with Crippen LogP contribution < -0.4 is 14.5 Å². The van der Waals surface area contributed by atoms with Crippen LogP contribution in [-0.4, -0.2) is 88.8 Å². The van der Waals surface area contributed by atoms with Crippen molar-refractivity contribution in [2.24, 2.45) is 0 Å². The third kappa shape index (κ3) is 5.23. The van der Waals surface area contributed by atoms with Crippen molar-refractivity contribution >= 4 is 45.9 Å². The molecule has 2 saturated heterocycles. The predicted octanol–water partition coefficient (Wildman–Crippen LogP) is 3.93. The Balaban J connectivity index is 1.34. The van der Waals surface area contributed by atoms with Crippen molar-refractivity contribution in [3.8, 4) is 12.1 Å². The van der Waals surface area contributed by atoms with Gasteiger partial charge in [-0.05, 0) is 30.4 Å². The van der Waals surface area contributed by atoms with Gasteiger partial charge in [0.15, 0.2) is 0 Å². The molecule has 0 saturated carbocycles. The van der Waals surface area contributed by atoms with Crippen molar-refractivity contribution in [1.82, 2.24) is 19.8 Å². The van der Waals surface area contributed by atoms with E-state index in [1.54, 1.807) is 11.9 Å². The Morgan fingerprint density at radius 2 is 1.93 bits per heavy atom. The maximum Gasteiger partial charge on any atom is 0.407 e. The first-order chi connectivity index (χ1) is 20.3. The number of carboxylic acid groups (broad SMARTS) is 1. The largest absolute Gasteiger partial charge is 0.465 e. The van der Waals surface area contributed by atoms with Crippen molar-refractivity contribution in [1.29, 1.82) is 5.26 Å². The van der Waals surface area contributed by atoms with Gasteiger partial charge in [0.05, 0.1) is 41.8 Å². The molecule has 1 unspecified atom stereocenters. The zero-order chi connectivity index (χ0) is 29.4. The van der Waals surface area contributed by atoms with Crippen LogP contribution >= 0.6 is 11.6 Å². The van der Waals surface area contributed by atoms with E-state index in [-0.39, 0.29) is 37.5 Å². The third-order valence-electron chi connectivity index (χ3n) is 8.59. The Kier molecular flexibility index (Phi) is 7.64. The monoisotopic (exact) mass is 589 g/mol. The zero-order valence-corrected chi connectivity index (χ0v) is 24.1. The standard InChI is InChI=1S/C30H32ClN7O4/c1-35-21(8-9-26(35)39)18-42-29-33-24-17-36(25-7-3-5-19-4-2-6-23(31)27(19)25)13-11-22(24)28(34-29)37-14-15-38(30(40)41)20(16-37)10-12-32/h2-7,20-21H,8-11,13-18H2,1H3,(H,40,41)/t20?,21-/m0/s1. The quantitative estimate of drug-likeness (QED) is 0.455. The van der Waals surface area contributed by atoms with Gasteiger partial charge in [0.2, 0.25) is 5.91 Å². The van der Waals surface area contributed by atoms with Crippen LogP contribution in [0.4, 0.5) is 16.3 Å². The molecular weight excluding hydrogens is 558 g/mol. The number of nitrogens with zero attached hydrogens (tertiary/aromatic N) is 7. The van der Waals surface area contributed by atoms with Crippen LogP contribution in [0.25, 0.3) is 10.8 Å². The number of rotatable bonds is 6. The second-order valence-corrected chi connectivity index (χ2v) is 11.4. The van der Waals surface area contributed by atoms with E-state index in [2.05, 4.69) is 21.9 Å². The Morgan fingerprint density at radius 1 is 1.12 bits per heavy atom. The summed E-state index contributed by atoms with van der Waals surface area (Å²) in [4.78, 5) is 40.9. The smallest absolute Gasteiger partial charge is 0.407 e. The van der Waals surface area contributed by atoms with E-state index in [4.69, 9.17) is 26.3 Å². The summed E-state index contributed by atoms with van der Waals surface area (Å²) in [7, 11) is 1.78. The Labute approximate surface area is 248 Å². The fourth-order valence-electron chi connectivity index (χ4n) is 6.27. The molecule has 0 aliphatic carbocycles. The van der Waals surface area contributed by atoms with Gasteiger partial charge in [-0.2, -0.15) is 15.2 Å². The molecule has 11 nitrogen and oxygen atoms in total. The summed E-state index contributed by atoms with van der Waals surface area (Å²) in [5.41, 5.74) is 2.86. The van der Waals surface area contributed by atoms with Crippen LogP contribution in [0, 0.1) is 11.3 Å². The van der Waals surface area contributed by atoms with E-state index in [9.17, 15) is 20.0 Å². The first-order valence-corrected chi connectivity index (χ1v) is 14.5. The summed E-state index contributed by atoms with van der Waals surface area (Å²) in [6.07, 6.45) is 0.959. The second kappa shape index (κ2) is 11.5. The maximum atomic E-state index is 12.0. The van der Waals surface area contributed by atoms with E-state index in [0.717, 1.165) is 46.5 Å². The molecule has 0 bridgehead atoms. The van der Waals surface area contributed by atoms with Gasteiger partial charge in [-0.15, -0.1) is 0 Å². The minimum atomic E-state index is -1.02. The van der Waals surface area contributed by atoms with Crippen molar-refractivity contribution in [3.63, 3.8) is 0 Å². The summed E-state index contributed by atoms with van der Waals surface area (Å²) >= 11 is 6.66. The van der Waals surface area contributed by atoms with Crippen LogP contribution in [0.2, 0.25) is 5.02 Å². The second-order valence-electron chi connectivity index (χ2n) is 11.0. The number of ether oxygens (including phenoxy) is 1. The predicted molar refractivity (Wildman–Crippen MR) is 158 cm³/mol. The molecule has 0 radical (unpaired) electrons. The molecule has 2 atom stereocenters. The van der Waals surface area contributed by atoms with Crippen molar-refractivity contribution in [3.05, 3.63) is 52.7 Å². The van der Waals surface area contributed by atoms with E-state index in [1.807, 2.05) is 30.3 Å². The van der Waals surface area contributed by atoms with Crippen molar-refractivity contribution in [2.45, 2.75) is 44.3 Å². The first-order valence-electron chi connectivity index (χ1n) is 14.2. The average molecular weight is 590 g/mol. The number of piperazine rings is 1. The Hall–Kier alpha value is -4.30. The lowest BCUT2D eigenvalue weighted by Gasteiger charge is -2.41. The normalized spacial score (nSPS) is 20.5. The molecule has 3 aliphatic heterocycles. The summed E-state index contributed by atoms with van der Waals surface area (Å²) < 4.78 is 6.13. The minimum Gasteiger partial charge on any atom is -0.465 e. The number of amides is 2.